The van der Waals surface area contributed by atoms with Crippen molar-refractivity contribution in [3.8, 4) is 0 Å². The van der Waals surface area contributed by atoms with Gasteiger partial charge in [0, 0.05) is 6.42 Å². The Balaban J connectivity index is 2.16. The molecule has 0 amide bonds. The Morgan fingerprint density at radius 2 is 1.80 bits per heavy atom. The van der Waals surface area contributed by atoms with Crippen LogP contribution in [0.2, 0.25) is 0 Å². The number of Topliss-reactive ketones (excluding diaryl/α,β-unsaturated/α-hetero) is 1. The third kappa shape index (κ3) is 3.58. The minimum atomic E-state index is -4.56. The van der Waals surface area contributed by atoms with Gasteiger partial charge in [0.25, 0.3) is 0 Å². The molecule has 5 heteroatoms. The number of ketones is 1. The van der Waals surface area contributed by atoms with Crippen LogP contribution < -0.4 is 0 Å². The van der Waals surface area contributed by atoms with E-state index in [1.165, 1.54) is 0 Å². The Hall–Kier alpha value is -1.39. The maximum atomic E-state index is 13.6. The SMILES string of the molecule is O=C(CC1CCCCC1)c1cc(C(F)(F)F)ccc1F. The van der Waals surface area contributed by atoms with E-state index >= 15 is 0 Å². The minimum absolute atomic E-state index is 0.137. The van der Waals surface area contributed by atoms with E-state index in [1.807, 2.05) is 0 Å². The van der Waals surface area contributed by atoms with E-state index in [0.717, 1.165) is 38.2 Å². The van der Waals surface area contributed by atoms with Crippen LogP contribution in [0.25, 0.3) is 0 Å². The molecule has 0 aliphatic heterocycles. The van der Waals surface area contributed by atoms with E-state index in [0.29, 0.717) is 12.1 Å². The predicted octanol–water partition coefficient (Wildman–Crippen LogP) is 5.00. The number of carbonyl (C=O) groups excluding carboxylic acids is 1. The molecular formula is C15H16F4O. The van der Waals surface area contributed by atoms with Crippen molar-refractivity contribution in [2.45, 2.75) is 44.7 Å². The molecule has 0 N–H and O–H groups in total. The van der Waals surface area contributed by atoms with Gasteiger partial charge in [-0.3, -0.25) is 4.79 Å². The summed E-state index contributed by atoms with van der Waals surface area (Å²) in [5.74, 6) is -1.23. The van der Waals surface area contributed by atoms with Gasteiger partial charge in [-0.1, -0.05) is 32.1 Å². The molecule has 2 rings (SSSR count). The fourth-order valence-electron chi connectivity index (χ4n) is 2.68. The van der Waals surface area contributed by atoms with Gasteiger partial charge < -0.3 is 0 Å². The monoisotopic (exact) mass is 288 g/mol. The van der Waals surface area contributed by atoms with Crippen LogP contribution in [0.3, 0.4) is 0 Å². The van der Waals surface area contributed by atoms with Crippen molar-refractivity contribution in [3.63, 3.8) is 0 Å². The molecule has 0 bridgehead atoms. The lowest BCUT2D eigenvalue weighted by atomic mass is 9.84. The average Bonchev–Trinajstić information content (AvgIpc) is 2.39. The summed E-state index contributed by atoms with van der Waals surface area (Å²) in [5.41, 5.74) is -1.42. The number of benzene rings is 1. The van der Waals surface area contributed by atoms with Crippen LogP contribution in [-0.2, 0) is 6.18 Å². The summed E-state index contributed by atoms with van der Waals surface area (Å²) in [6.45, 7) is 0. The third-order valence-corrected chi connectivity index (χ3v) is 3.79. The lowest BCUT2D eigenvalue weighted by Crippen LogP contribution is -2.14. The summed E-state index contributed by atoms with van der Waals surface area (Å²) in [6.07, 6.45) is 0.555. The number of rotatable bonds is 3. The lowest BCUT2D eigenvalue weighted by Gasteiger charge is -2.20. The van der Waals surface area contributed by atoms with E-state index < -0.39 is 28.9 Å². The summed E-state index contributed by atoms with van der Waals surface area (Å²) in [5, 5.41) is 0. The average molecular weight is 288 g/mol. The van der Waals surface area contributed by atoms with Gasteiger partial charge in [0.2, 0.25) is 0 Å². The summed E-state index contributed by atoms with van der Waals surface area (Å²) >= 11 is 0. The first-order chi connectivity index (χ1) is 9.38. The van der Waals surface area contributed by atoms with E-state index in [4.69, 9.17) is 0 Å². The van der Waals surface area contributed by atoms with Gasteiger partial charge in [-0.15, -0.1) is 0 Å². The molecule has 0 aromatic heterocycles. The maximum absolute atomic E-state index is 13.6. The van der Waals surface area contributed by atoms with Crippen molar-refractivity contribution in [1.82, 2.24) is 0 Å². The van der Waals surface area contributed by atoms with Crippen molar-refractivity contribution in [1.29, 1.82) is 0 Å². The van der Waals surface area contributed by atoms with Crippen LogP contribution in [0.1, 0.15) is 54.4 Å². The van der Waals surface area contributed by atoms with Crippen LogP contribution in [0.4, 0.5) is 17.6 Å². The van der Waals surface area contributed by atoms with E-state index in [9.17, 15) is 22.4 Å². The first-order valence-electron chi connectivity index (χ1n) is 6.78. The first-order valence-corrected chi connectivity index (χ1v) is 6.78. The van der Waals surface area contributed by atoms with E-state index in [1.54, 1.807) is 0 Å². The third-order valence-electron chi connectivity index (χ3n) is 3.79. The highest BCUT2D eigenvalue weighted by molar-refractivity contribution is 5.96. The van der Waals surface area contributed by atoms with Crippen molar-refractivity contribution in [2.24, 2.45) is 5.92 Å². The second kappa shape index (κ2) is 5.94. The highest BCUT2D eigenvalue weighted by Gasteiger charge is 2.32. The second-order valence-electron chi connectivity index (χ2n) is 5.32. The zero-order valence-electron chi connectivity index (χ0n) is 11.0. The number of hydrogen-bond donors (Lipinski definition) is 0. The van der Waals surface area contributed by atoms with Crippen molar-refractivity contribution in [3.05, 3.63) is 35.1 Å². The van der Waals surface area contributed by atoms with Crippen LogP contribution >= 0.6 is 0 Å². The van der Waals surface area contributed by atoms with Crippen molar-refractivity contribution >= 4 is 5.78 Å². The molecule has 1 aromatic rings. The summed E-state index contributed by atoms with van der Waals surface area (Å²) in [4.78, 5) is 12.0. The zero-order chi connectivity index (χ0) is 14.8. The lowest BCUT2D eigenvalue weighted by molar-refractivity contribution is -0.137. The first kappa shape index (κ1) is 15.0. The van der Waals surface area contributed by atoms with Crippen molar-refractivity contribution in [2.75, 3.05) is 0 Å². The highest BCUT2D eigenvalue weighted by atomic mass is 19.4. The fraction of sp³-hybridized carbons (Fsp3) is 0.533. The van der Waals surface area contributed by atoms with E-state index in [2.05, 4.69) is 0 Å². The van der Waals surface area contributed by atoms with Gasteiger partial charge in [-0.05, 0) is 24.1 Å². The number of hydrogen-bond acceptors (Lipinski definition) is 1. The van der Waals surface area contributed by atoms with Gasteiger partial charge in [0.15, 0.2) is 5.78 Å². The van der Waals surface area contributed by atoms with Crippen LogP contribution in [-0.4, -0.2) is 5.78 Å². The van der Waals surface area contributed by atoms with Gasteiger partial charge in [-0.2, -0.15) is 13.2 Å². The largest absolute Gasteiger partial charge is 0.416 e. The number of carbonyl (C=O) groups is 1. The standard InChI is InChI=1S/C15H16F4O/c16-13-7-6-11(15(17,18)19)9-12(13)14(20)8-10-4-2-1-3-5-10/h6-7,9-10H,1-5,8H2. The minimum Gasteiger partial charge on any atom is -0.294 e. The molecule has 1 aliphatic rings. The molecule has 0 saturated heterocycles. The topological polar surface area (TPSA) is 17.1 Å². The Labute approximate surface area is 115 Å². The summed E-state index contributed by atoms with van der Waals surface area (Å²) < 4.78 is 51.3. The molecule has 0 atom stereocenters. The maximum Gasteiger partial charge on any atom is 0.416 e. The Bertz CT molecular complexity index is 487. The summed E-state index contributed by atoms with van der Waals surface area (Å²) in [7, 11) is 0. The fourth-order valence-corrected chi connectivity index (χ4v) is 2.68. The molecule has 1 fully saturated rings. The second-order valence-corrected chi connectivity index (χ2v) is 5.32. The van der Waals surface area contributed by atoms with Gasteiger partial charge >= 0.3 is 6.18 Å². The van der Waals surface area contributed by atoms with Crippen LogP contribution in [0.15, 0.2) is 18.2 Å². The molecule has 1 nitrogen and oxygen atoms in total. The van der Waals surface area contributed by atoms with Gasteiger partial charge in [-0.25, -0.2) is 4.39 Å². The molecule has 0 radical (unpaired) electrons. The molecule has 110 valence electrons. The molecule has 1 saturated carbocycles. The quantitative estimate of drug-likeness (QED) is 0.565. The molecule has 1 aliphatic carbocycles. The van der Waals surface area contributed by atoms with E-state index in [-0.39, 0.29) is 12.3 Å². The molecule has 1 aromatic carbocycles. The van der Waals surface area contributed by atoms with Gasteiger partial charge in [0.05, 0.1) is 11.1 Å². The zero-order valence-corrected chi connectivity index (χ0v) is 11.0. The Morgan fingerprint density at radius 1 is 1.15 bits per heavy atom. The smallest absolute Gasteiger partial charge is 0.294 e. The normalized spacial score (nSPS) is 17.2. The van der Waals surface area contributed by atoms with Gasteiger partial charge in [0.1, 0.15) is 5.82 Å². The predicted molar refractivity (Wildman–Crippen MR) is 66.9 cm³/mol. The number of alkyl halides is 3. The molecule has 20 heavy (non-hydrogen) atoms. The molecule has 0 heterocycles. The van der Waals surface area contributed by atoms with Crippen LogP contribution in [0, 0.1) is 11.7 Å². The van der Waals surface area contributed by atoms with Crippen LogP contribution in [0.5, 0.6) is 0 Å². The van der Waals surface area contributed by atoms with Crippen molar-refractivity contribution < 1.29 is 22.4 Å². The molecular weight excluding hydrogens is 272 g/mol. The molecule has 0 unspecified atom stereocenters. The summed E-state index contributed by atoms with van der Waals surface area (Å²) in [6, 6.07) is 2.00. The Kier molecular flexibility index (Phi) is 4.45. The highest BCUT2D eigenvalue weighted by Crippen LogP contribution is 2.32. The number of halogens is 4. The Morgan fingerprint density at radius 3 is 2.40 bits per heavy atom. The molecule has 0 spiro atoms.